The van der Waals surface area contributed by atoms with Crippen LogP contribution in [0.15, 0.2) is 15.9 Å². The Morgan fingerprint density at radius 1 is 1.32 bits per heavy atom. The second-order valence-corrected chi connectivity index (χ2v) is 4.68. The molecule has 120 valence electrons. The fourth-order valence-corrected chi connectivity index (χ4v) is 2.11. The summed E-state index contributed by atoms with van der Waals surface area (Å²) in [5.41, 5.74) is -0.234. The Hall–Kier alpha value is -2.42. The fraction of sp³-hybridized carbons (Fsp3) is 0.538. The topological polar surface area (TPSA) is 97.3 Å². The van der Waals surface area contributed by atoms with Gasteiger partial charge in [0.25, 0.3) is 5.56 Å². The molecular weight excluding hydrogens is 292 g/mol. The third kappa shape index (κ3) is 2.93. The van der Waals surface area contributed by atoms with Crippen molar-refractivity contribution in [1.29, 1.82) is 0 Å². The molecule has 0 unspecified atom stereocenters. The van der Waals surface area contributed by atoms with Crippen molar-refractivity contribution in [2.45, 2.75) is 13.5 Å². The van der Waals surface area contributed by atoms with E-state index in [1.54, 1.807) is 25.6 Å². The molecule has 0 aliphatic heterocycles. The Labute approximate surface area is 125 Å². The Morgan fingerprint density at radius 3 is 2.73 bits per heavy atom. The number of carbonyl (C=O) groups is 1. The number of rotatable bonds is 6. The molecule has 0 aliphatic rings. The van der Waals surface area contributed by atoms with E-state index in [0.29, 0.717) is 11.2 Å². The number of aryl methyl sites for hydroxylation is 2. The second-order valence-electron chi connectivity index (χ2n) is 4.68. The van der Waals surface area contributed by atoms with Gasteiger partial charge in [-0.25, -0.2) is 14.6 Å². The number of hydrogen-bond donors (Lipinski definition) is 0. The van der Waals surface area contributed by atoms with Gasteiger partial charge in [-0.2, -0.15) is 0 Å². The van der Waals surface area contributed by atoms with Gasteiger partial charge in [0.05, 0.1) is 26.1 Å². The normalized spacial score (nSPS) is 11.0. The highest BCUT2D eigenvalue weighted by molar-refractivity contribution is 5.70. The molecule has 0 amide bonds. The molecule has 0 radical (unpaired) electrons. The van der Waals surface area contributed by atoms with E-state index in [0.717, 1.165) is 4.57 Å². The molecule has 0 bridgehead atoms. The summed E-state index contributed by atoms with van der Waals surface area (Å²) in [6.07, 6.45) is 1.48. The van der Waals surface area contributed by atoms with Crippen molar-refractivity contribution in [2.75, 3.05) is 19.8 Å². The van der Waals surface area contributed by atoms with Crippen LogP contribution in [0.3, 0.4) is 0 Å². The summed E-state index contributed by atoms with van der Waals surface area (Å²) in [4.78, 5) is 39.7. The first-order valence-corrected chi connectivity index (χ1v) is 6.81. The van der Waals surface area contributed by atoms with Gasteiger partial charge in [-0.05, 0) is 6.92 Å². The average Bonchev–Trinajstić information content (AvgIpc) is 2.86. The summed E-state index contributed by atoms with van der Waals surface area (Å²) in [5, 5.41) is 0. The maximum Gasteiger partial charge on any atom is 0.332 e. The van der Waals surface area contributed by atoms with Gasteiger partial charge in [-0.1, -0.05) is 0 Å². The van der Waals surface area contributed by atoms with Crippen LogP contribution in [0, 0.1) is 0 Å². The van der Waals surface area contributed by atoms with Crippen LogP contribution in [0.25, 0.3) is 11.2 Å². The predicted octanol–water partition coefficient (Wildman–Crippen LogP) is -0.987. The fourth-order valence-electron chi connectivity index (χ4n) is 2.11. The molecule has 2 rings (SSSR count). The number of hydrogen-bond acceptors (Lipinski definition) is 6. The van der Waals surface area contributed by atoms with E-state index in [1.165, 1.54) is 10.9 Å². The first-order valence-electron chi connectivity index (χ1n) is 6.81. The highest BCUT2D eigenvalue weighted by Gasteiger charge is 2.14. The van der Waals surface area contributed by atoms with Gasteiger partial charge >= 0.3 is 11.7 Å². The molecule has 22 heavy (non-hydrogen) atoms. The number of carbonyl (C=O) groups excluding carboxylic acids is 1. The van der Waals surface area contributed by atoms with Gasteiger partial charge in [0.2, 0.25) is 0 Å². The molecule has 2 aromatic rings. The zero-order valence-corrected chi connectivity index (χ0v) is 12.7. The minimum absolute atomic E-state index is 0.0477. The molecule has 0 aromatic carbocycles. The first kappa shape index (κ1) is 16.0. The Morgan fingerprint density at radius 2 is 2.05 bits per heavy atom. The molecule has 9 heteroatoms. The van der Waals surface area contributed by atoms with Crippen LogP contribution in [0.5, 0.6) is 0 Å². The van der Waals surface area contributed by atoms with Crippen LogP contribution >= 0.6 is 0 Å². The lowest BCUT2D eigenvalue weighted by Gasteiger charge is -2.09. The number of imidazole rings is 1. The predicted molar refractivity (Wildman–Crippen MR) is 77.7 cm³/mol. The summed E-state index contributed by atoms with van der Waals surface area (Å²) in [7, 11) is 3.23. The number of fused-ring (bicyclic) bond motifs is 1. The van der Waals surface area contributed by atoms with Crippen molar-refractivity contribution in [3.05, 3.63) is 27.2 Å². The molecule has 0 spiro atoms. The summed E-state index contributed by atoms with van der Waals surface area (Å²) < 4.78 is 13.8. The van der Waals surface area contributed by atoms with E-state index >= 15 is 0 Å². The van der Waals surface area contributed by atoms with Crippen molar-refractivity contribution in [2.24, 2.45) is 14.1 Å². The van der Waals surface area contributed by atoms with Crippen LogP contribution in [-0.4, -0.2) is 44.5 Å². The number of aromatic nitrogens is 4. The smallest absolute Gasteiger partial charge is 0.332 e. The molecule has 2 aromatic heterocycles. The molecule has 0 saturated heterocycles. The molecule has 0 atom stereocenters. The molecule has 2 heterocycles. The van der Waals surface area contributed by atoms with Gasteiger partial charge in [0, 0.05) is 14.1 Å². The lowest BCUT2D eigenvalue weighted by molar-refractivity contribution is -0.148. The van der Waals surface area contributed by atoms with Crippen LogP contribution in [-0.2, 0) is 34.9 Å². The molecule has 0 fully saturated rings. The van der Waals surface area contributed by atoms with Gasteiger partial charge in [0.1, 0.15) is 6.61 Å². The van der Waals surface area contributed by atoms with Crippen LogP contribution in [0.2, 0.25) is 0 Å². The lowest BCUT2D eigenvalue weighted by Crippen LogP contribution is -2.40. The Bertz CT molecular complexity index is 801. The summed E-state index contributed by atoms with van der Waals surface area (Å²) in [6.45, 7) is 1.86. The SMILES string of the molecule is CCOC(=O)COCCn1c(=O)c2c(ncn2C)n(C)c1=O. The van der Waals surface area contributed by atoms with Crippen LogP contribution in [0.1, 0.15) is 6.92 Å². The van der Waals surface area contributed by atoms with Gasteiger partial charge in [-0.3, -0.25) is 13.9 Å². The first-order chi connectivity index (χ1) is 10.5. The summed E-state index contributed by atoms with van der Waals surface area (Å²) in [5.74, 6) is -0.482. The van der Waals surface area contributed by atoms with E-state index in [9.17, 15) is 14.4 Å². The largest absolute Gasteiger partial charge is 0.464 e. The summed E-state index contributed by atoms with van der Waals surface area (Å²) >= 11 is 0. The minimum atomic E-state index is -0.482. The maximum atomic E-state index is 12.4. The highest BCUT2D eigenvalue weighted by Crippen LogP contribution is 2.02. The van der Waals surface area contributed by atoms with E-state index in [1.807, 2.05) is 0 Å². The van der Waals surface area contributed by atoms with Crippen molar-refractivity contribution >= 4 is 17.1 Å². The Balaban J connectivity index is 2.18. The summed E-state index contributed by atoms with van der Waals surface area (Å²) in [6, 6.07) is 0. The van der Waals surface area contributed by atoms with Gasteiger partial charge < -0.3 is 14.0 Å². The van der Waals surface area contributed by atoms with Gasteiger partial charge in [-0.15, -0.1) is 0 Å². The van der Waals surface area contributed by atoms with Crippen molar-refractivity contribution < 1.29 is 14.3 Å². The third-order valence-corrected chi connectivity index (χ3v) is 3.19. The minimum Gasteiger partial charge on any atom is -0.464 e. The van der Waals surface area contributed by atoms with Crippen molar-refractivity contribution in [3.63, 3.8) is 0 Å². The highest BCUT2D eigenvalue weighted by atomic mass is 16.6. The number of ether oxygens (including phenoxy) is 2. The standard InChI is InChI=1S/C13H18N4O5/c1-4-22-9(18)7-21-6-5-17-12(19)10-11(14-8-15(10)2)16(3)13(17)20/h8H,4-7H2,1-3H3. The lowest BCUT2D eigenvalue weighted by atomic mass is 10.5. The zero-order chi connectivity index (χ0) is 16.3. The monoisotopic (exact) mass is 310 g/mol. The van der Waals surface area contributed by atoms with E-state index < -0.39 is 17.2 Å². The molecule has 9 nitrogen and oxygen atoms in total. The molecular formula is C13H18N4O5. The maximum absolute atomic E-state index is 12.4. The average molecular weight is 310 g/mol. The van der Waals surface area contributed by atoms with Crippen molar-refractivity contribution in [1.82, 2.24) is 18.7 Å². The van der Waals surface area contributed by atoms with E-state index in [4.69, 9.17) is 9.47 Å². The quantitative estimate of drug-likeness (QED) is 0.502. The van der Waals surface area contributed by atoms with Crippen molar-refractivity contribution in [3.8, 4) is 0 Å². The van der Waals surface area contributed by atoms with E-state index in [-0.39, 0.29) is 26.4 Å². The third-order valence-electron chi connectivity index (χ3n) is 3.19. The van der Waals surface area contributed by atoms with Crippen LogP contribution in [0.4, 0.5) is 0 Å². The molecule has 0 saturated carbocycles. The molecule has 0 N–H and O–H groups in total. The number of esters is 1. The van der Waals surface area contributed by atoms with Gasteiger partial charge in [0.15, 0.2) is 11.2 Å². The second kappa shape index (κ2) is 6.56. The molecule has 0 aliphatic carbocycles. The van der Waals surface area contributed by atoms with Crippen LogP contribution < -0.4 is 11.2 Å². The number of nitrogens with zero attached hydrogens (tertiary/aromatic N) is 4. The Kier molecular flexibility index (Phi) is 4.76. The zero-order valence-electron chi connectivity index (χ0n) is 12.7. The van der Waals surface area contributed by atoms with E-state index in [2.05, 4.69) is 4.98 Å².